The van der Waals surface area contributed by atoms with Crippen LogP contribution >= 0.6 is 0 Å². The third-order valence-corrected chi connectivity index (χ3v) is 5.43. The number of nitrogens with zero attached hydrogens (tertiary/aromatic N) is 2. The van der Waals surface area contributed by atoms with Gasteiger partial charge in [-0.1, -0.05) is 18.2 Å². The molecule has 0 fully saturated rings. The highest BCUT2D eigenvalue weighted by molar-refractivity contribution is 5.92. The van der Waals surface area contributed by atoms with Gasteiger partial charge in [0, 0.05) is 36.4 Å². The first-order chi connectivity index (χ1) is 16.2. The summed E-state index contributed by atoms with van der Waals surface area (Å²) < 4.78 is 24.0. The molecule has 0 atom stereocenters. The number of halogens is 1. The first kappa shape index (κ1) is 23.5. The largest absolute Gasteiger partial charge is 0.461 e. The molecular formula is C26H28FN3O4. The number of benzene rings is 1. The minimum atomic E-state index is -0.529. The molecular weight excluding hydrogens is 437 g/mol. The molecule has 0 spiro atoms. The van der Waals surface area contributed by atoms with Crippen LogP contribution in [0.1, 0.15) is 43.9 Å². The third-order valence-electron chi connectivity index (χ3n) is 5.43. The van der Waals surface area contributed by atoms with Crippen molar-refractivity contribution in [3.05, 3.63) is 71.3 Å². The number of fused-ring (bicyclic) bond motifs is 1. The van der Waals surface area contributed by atoms with Gasteiger partial charge < -0.3 is 19.4 Å². The van der Waals surface area contributed by atoms with Crippen LogP contribution in [0.3, 0.4) is 0 Å². The van der Waals surface area contributed by atoms with Gasteiger partial charge in [0.2, 0.25) is 0 Å². The first-order valence-corrected chi connectivity index (χ1v) is 11.2. The second-order valence-corrected chi connectivity index (χ2v) is 9.32. The monoisotopic (exact) mass is 465 g/mol. The van der Waals surface area contributed by atoms with E-state index in [2.05, 4.69) is 9.97 Å². The summed E-state index contributed by atoms with van der Waals surface area (Å²) in [5.74, 6) is -0.776. The SMILES string of the molecule is CC(C)(C)OC(=O)N1CC=C(c2c[nH]c3ncc(CC(=O)OCc4cccc(F)c4)cc23)CC1. The third kappa shape index (κ3) is 5.81. The maximum atomic E-state index is 13.3. The van der Waals surface area contributed by atoms with Crippen molar-refractivity contribution in [3.63, 3.8) is 0 Å². The zero-order chi connectivity index (χ0) is 24.3. The number of rotatable bonds is 5. The number of aromatic nitrogens is 2. The molecule has 0 saturated heterocycles. The minimum Gasteiger partial charge on any atom is -0.461 e. The van der Waals surface area contributed by atoms with Crippen molar-refractivity contribution >= 4 is 28.7 Å². The van der Waals surface area contributed by atoms with Gasteiger partial charge in [-0.05, 0) is 62.1 Å². The quantitative estimate of drug-likeness (QED) is 0.536. The zero-order valence-electron chi connectivity index (χ0n) is 19.6. The summed E-state index contributed by atoms with van der Waals surface area (Å²) in [4.78, 5) is 33.9. The van der Waals surface area contributed by atoms with Gasteiger partial charge in [-0.2, -0.15) is 0 Å². The van der Waals surface area contributed by atoms with Gasteiger partial charge in [0.1, 0.15) is 23.7 Å². The van der Waals surface area contributed by atoms with Crippen molar-refractivity contribution in [1.82, 2.24) is 14.9 Å². The van der Waals surface area contributed by atoms with Crippen LogP contribution in [0.25, 0.3) is 16.6 Å². The lowest BCUT2D eigenvalue weighted by molar-refractivity contribution is -0.144. The number of aromatic amines is 1. The van der Waals surface area contributed by atoms with Crippen molar-refractivity contribution in [2.75, 3.05) is 13.1 Å². The molecule has 0 saturated carbocycles. The lowest BCUT2D eigenvalue weighted by Gasteiger charge is -2.29. The minimum absolute atomic E-state index is 0.0166. The molecule has 1 N–H and O–H groups in total. The molecule has 0 aliphatic carbocycles. The molecule has 1 aromatic carbocycles. The Kier molecular flexibility index (Phi) is 6.68. The van der Waals surface area contributed by atoms with Gasteiger partial charge in [0.05, 0.1) is 6.42 Å². The molecule has 1 aliphatic rings. The number of H-pyrrole nitrogens is 1. The molecule has 7 nitrogen and oxygen atoms in total. The van der Waals surface area contributed by atoms with Gasteiger partial charge >= 0.3 is 12.1 Å². The highest BCUT2D eigenvalue weighted by Gasteiger charge is 2.24. The Morgan fingerprint density at radius 2 is 2.03 bits per heavy atom. The van der Waals surface area contributed by atoms with E-state index < -0.39 is 11.6 Å². The highest BCUT2D eigenvalue weighted by atomic mass is 19.1. The number of hydrogen-bond acceptors (Lipinski definition) is 5. The smallest absolute Gasteiger partial charge is 0.410 e. The molecule has 3 aromatic rings. The zero-order valence-corrected chi connectivity index (χ0v) is 19.6. The topological polar surface area (TPSA) is 84.5 Å². The predicted molar refractivity (Wildman–Crippen MR) is 126 cm³/mol. The second kappa shape index (κ2) is 9.67. The molecule has 34 heavy (non-hydrogen) atoms. The maximum Gasteiger partial charge on any atom is 0.410 e. The van der Waals surface area contributed by atoms with Crippen LogP contribution in [0.2, 0.25) is 0 Å². The van der Waals surface area contributed by atoms with E-state index in [9.17, 15) is 14.0 Å². The number of carbonyl (C=O) groups is 2. The Morgan fingerprint density at radius 1 is 1.21 bits per heavy atom. The Labute approximate surface area is 197 Å². The van der Waals surface area contributed by atoms with Gasteiger partial charge in [-0.3, -0.25) is 4.79 Å². The second-order valence-electron chi connectivity index (χ2n) is 9.32. The molecule has 0 radical (unpaired) electrons. The fourth-order valence-electron chi connectivity index (χ4n) is 3.82. The van der Waals surface area contributed by atoms with Crippen LogP contribution in [0, 0.1) is 5.82 Å². The van der Waals surface area contributed by atoms with Gasteiger partial charge in [0.25, 0.3) is 0 Å². The molecule has 178 valence electrons. The molecule has 0 bridgehead atoms. The Bertz CT molecular complexity index is 1240. The summed E-state index contributed by atoms with van der Waals surface area (Å²) in [6.07, 6.45) is 6.00. The Morgan fingerprint density at radius 3 is 2.74 bits per heavy atom. The molecule has 4 rings (SSSR count). The number of esters is 1. The number of nitrogens with one attached hydrogen (secondary N) is 1. The van der Waals surface area contributed by atoms with E-state index in [0.717, 1.165) is 27.7 Å². The molecule has 8 heteroatoms. The Balaban J connectivity index is 1.42. The van der Waals surface area contributed by atoms with Crippen LogP contribution in [0.15, 0.2) is 48.8 Å². The molecule has 0 unspecified atom stereocenters. The number of carbonyl (C=O) groups excluding carboxylic acids is 2. The Hall–Kier alpha value is -3.68. The van der Waals surface area contributed by atoms with Crippen molar-refractivity contribution in [3.8, 4) is 0 Å². The first-order valence-electron chi connectivity index (χ1n) is 11.2. The molecule has 3 heterocycles. The standard InChI is InChI=1S/C26H28FN3O4/c1-26(2,3)34-25(32)30-9-7-19(8-10-30)22-15-29-24-21(22)12-18(14-28-24)13-23(31)33-16-17-5-4-6-20(27)11-17/h4-7,11-12,14-15H,8-10,13,16H2,1-3H3,(H,28,29). The number of ether oxygens (including phenoxy) is 2. The maximum absolute atomic E-state index is 13.3. The lowest BCUT2D eigenvalue weighted by Crippen LogP contribution is -2.39. The highest BCUT2D eigenvalue weighted by Crippen LogP contribution is 2.29. The van der Waals surface area contributed by atoms with Crippen LogP contribution in [-0.4, -0.2) is 45.6 Å². The summed E-state index contributed by atoms with van der Waals surface area (Å²) in [5.41, 5.74) is 3.63. The average Bonchev–Trinajstić information content (AvgIpc) is 3.20. The van der Waals surface area contributed by atoms with Crippen molar-refractivity contribution in [2.45, 2.75) is 45.8 Å². The van der Waals surface area contributed by atoms with Gasteiger partial charge in [-0.25, -0.2) is 14.2 Å². The normalized spacial score (nSPS) is 14.1. The summed E-state index contributed by atoms with van der Waals surface area (Å²) >= 11 is 0. The van der Waals surface area contributed by atoms with Crippen LogP contribution in [0.5, 0.6) is 0 Å². The molecule has 1 aliphatic heterocycles. The summed E-state index contributed by atoms with van der Waals surface area (Å²) in [7, 11) is 0. The molecule has 1 amide bonds. The van der Waals surface area contributed by atoms with Crippen molar-refractivity contribution in [2.24, 2.45) is 0 Å². The van der Waals surface area contributed by atoms with Gasteiger partial charge in [0.15, 0.2) is 0 Å². The molecule has 2 aromatic heterocycles. The van der Waals surface area contributed by atoms with Gasteiger partial charge in [-0.15, -0.1) is 0 Å². The van der Waals surface area contributed by atoms with Crippen LogP contribution < -0.4 is 0 Å². The number of amides is 1. The fourth-order valence-corrected chi connectivity index (χ4v) is 3.82. The van der Waals surface area contributed by atoms with Crippen molar-refractivity contribution < 1.29 is 23.5 Å². The average molecular weight is 466 g/mol. The van der Waals surface area contributed by atoms with Crippen LogP contribution in [-0.2, 0) is 27.3 Å². The van der Waals surface area contributed by atoms with E-state index in [1.165, 1.54) is 12.1 Å². The van der Waals surface area contributed by atoms with E-state index in [-0.39, 0.29) is 24.9 Å². The summed E-state index contributed by atoms with van der Waals surface area (Å²) in [6, 6.07) is 7.90. The summed E-state index contributed by atoms with van der Waals surface area (Å²) in [6.45, 7) is 6.60. The van der Waals surface area contributed by atoms with Crippen LogP contribution in [0.4, 0.5) is 9.18 Å². The van der Waals surface area contributed by atoms with E-state index >= 15 is 0 Å². The predicted octanol–water partition coefficient (Wildman–Crippen LogP) is 5.01. The fraction of sp³-hybridized carbons (Fsp3) is 0.346. The lowest BCUT2D eigenvalue weighted by atomic mass is 9.99. The van der Waals surface area contributed by atoms with E-state index in [1.54, 1.807) is 23.2 Å². The number of pyridine rings is 1. The van der Waals surface area contributed by atoms with E-state index in [1.807, 2.05) is 39.1 Å². The van der Waals surface area contributed by atoms with E-state index in [4.69, 9.17) is 9.47 Å². The van der Waals surface area contributed by atoms with Crippen molar-refractivity contribution in [1.29, 1.82) is 0 Å². The summed E-state index contributed by atoms with van der Waals surface area (Å²) in [5, 5.41) is 0.910. The number of hydrogen-bond donors (Lipinski definition) is 1. The van der Waals surface area contributed by atoms with E-state index in [0.29, 0.717) is 25.1 Å².